The van der Waals surface area contributed by atoms with Gasteiger partial charge in [-0.25, -0.2) is 4.79 Å². The number of carboxylic acid groups (broad SMARTS) is 1. The molecule has 0 aliphatic heterocycles. The molecule has 0 bridgehead atoms. The number of carboxylic acids is 1. The highest BCUT2D eigenvalue weighted by molar-refractivity contribution is 5.90. The van der Waals surface area contributed by atoms with E-state index in [2.05, 4.69) is 16.7 Å². The Labute approximate surface area is 106 Å². The quantitative estimate of drug-likeness (QED) is 0.662. The first-order valence-electron chi connectivity index (χ1n) is 5.71. The molecule has 0 saturated carbocycles. The summed E-state index contributed by atoms with van der Waals surface area (Å²) < 4.78 is 2.06. The van der Waals surface area contributed by atoms with Crippen molar-refractivity contribution >= 4 is 22.9 Å². The average molecular weight is 241 g/mol. The summed E-state index contributed by atoms with van der Waals surface area (Å²) in [5.74, 6) is -0.921. The van der Waals surface area contributed by atoms with Gasteiger partial charge in [-0.2, -0.15) is 0 Å². The Morgan fingerprint density at radius 3 is 2.78 bits per heavy atom. The molecule has 0 saturated heterocycles. The maximum Gasteiger partial charge on any atom is 0.328 e. The van der Waals surface area contributed by atoms with Crippen LogP contribution in [0.15, 0.2) is 48.2 Å². The molecule has 0 atom stereocenters. The number of benzene rings is 1. The smallest absolute Gasteiger partial charge is 0.328 e. The molecule has 0 radical (unpaired) electrons. The maximum absolute atomic E-state index is 10.5. The molecule has 3 heteroatoms. The summed E-state index contributed by atoms with van der Waals surface area (Å²) in [7, 11) is 2.00. The second-order valence-corrected chi connectivity index (χ2v) is 4.27. The highest BCUT2D eigenvalue weighted by Crippen LogP contribution is 2.21. The Morgan fingerprint density at radius 1 is 1.33 bits per heavy atom. The normalized spacial score (nSPS) is 12.4. The van der Waals surface area contributed by atoms with E-state index in [1.807, 2.05) is 37.5 Å². The number of hydrogen-bond donors (Lipinski definition) is 1. The molecule has 0 spiro atoms. The van der Waals surface area contributed by atoms with Crippen molar-refractivity contribution in [3.05, 3.63) is 53.8 Å². The molecule has 1 aromatic carbocycles. The molecule has 0 amide bonds. The minimum atomic E-state index is -0.921. The molecule has 0 unspecified atom stereocenters. The summed E-state index contributed by atoms with van der Waals surface area (Å²) in [5, 5.41) is 9.81. The van der Waals surface area contributed by atoms with Gasteiger partial charge in [0.05, 0.1) is 0 Å². The van der Waals surface area contributed by atoms with Crippen LogP contribution < -0.4 is 0 Å². The molecule has 1 N–H and O–H groups in total. The van der Waals surface area contributed by atoms with Crippen molar-refractivity contribution < 1.29 is 9.90 Å². The van der Waals surface area contributed by atoms with Crippen molar-refractivity contribution in [2.24, 2.45) is 7.05 Å². The third kappa shape index (κ3) is 2.51. The number of nitrogens with zero attached hydrogens (tertiary/aromatic N) is 1. The summed E-state index contributed by atoms with van der Waals surface area (Å²) in [6, 6.07) is 8.13. The largest absolute Gasteiger partial charge is 0.478 e. The third-order valence-corrected chi connectivity index (χ3v) is 2.80. The van der Waals surface area contributed by atoms with Gasteiger partial charge in [-0.05, 0) is 24.1 Å². The molecule has 0 aliphatic carbocycles. The molecule has 2 aromatic rings. The molecule has 0 fully saturated rings. The Balaban J connectivity index is 2.38. The van der Waals surface area contributed by atoms with Gasteiger partial charge in [-0.1, -0.05) is 30.4 Å². The van der Waals surface area contributed by atoms with Crippen LogP contribution in [0, 0.1) is 0 Å². The minimum absolute atomic E-state index is 0.718. The summed E-state index contributed by atoms with van der Waals surface area (Å²) >= 11 is 0. The van der Waals surface area contributed by atoms with Gasteiger partial charge in [0.2, 0.25) is 0 Å². The van der Waals surface area contributed by atoms with Crippen LogP contribution in [0.25, 0.3) is 17.0 Å². The Bertz CT molecular complexity index is 648. The fourth-order valence-corrected chi connectivity index (χ4v) is 1.97. The molecular weight excluding hydrogens is 226 g/mol. The highest BCUT2D eigenvalue weighted by Gasteiger charge is 2.02. The second-order valence-electron chi connectivity index (χ2n) is 4.27. The molecule has 3 nitrogen and oxygen atoms in total. The lowest BCUT2D eigenvalue weighted by Crippen LogP contribution is -1.87. The van der Waals surface area contributed by atoms with E-state index in [0.717, 1.165) is 16.7 Å². The van der Waals surface area contributed by atoms with E-state index >= 15 is 0 Å². The van der Waals surface area contributed by atoms with Crippen molar-refractivity contribution in [3.63, 3.8) is 0 Å². The minimum Gasteiger partial charge on any atom is -0.478 e. The Kier molecular flexibility index (Phi) is 3.33. The van der Waals surface area contributed by atoms with Crippen molar-refractivity contribution in [2.75, 3.05) is 0 Å². The number of para-hydroxylation sites is 1. The number of carbonyl (C=O) groups is 1. The van der Waals surface area contributed by atoms with Crippen LogP contribution in [-0.4, -0.2) is 15.6 Å². The van der Waals surface area contributed by atoms with E-state index < -0.39 is 5.97 Å². The monoisotopic (exact) mass is 241 g/mol. The fourth-order valence-electron chi connectivity index (χ4n) is 1.97. The topological polar surface area (TPSA) is 42.2 Å². The van der Waals surface area contributed by atoms with Crippen LogP contribution in [0.3, 0.4) is 0 Å². The van der Waals surface area contributed by atoms with E-state index in [4.69, 9.17) is 5.11 Å². The lowest BCUT2D eigenvalue weighted by atomic mass is 10.1. The number of rotatable bonds is 3. The number of allylic oxidation sites excluding steroid dienone is 2. The van der Waals surface area contributed by atoms with Crippen LogP contribution in [0.2, 0.25) is 0 Å². The van der Waals surface area contributed by atoms with Gasteiger partial charge in [0.25, 0.3) is 0 Å². The fraction of sp³-hybridized carbons (Fsp3) is 0.133. The van der Waals surface area contributed by atoms with Crippen LogP contribution >= 0.6 is 0 Å². The van der Waals surface area contributed by atoms with E-state index in [0.29, 0.717) is 0 Å². The average Bonchev–Trinajstić information content (AvgIpc) is 2.64. The predicted octanol–water partition coefficient (Wildman–Crippen LogP) is 3.22. The predicted molar refractivity (Wildman–Crippen MR) is 73.3 cm³/mol. The Morgan fingerprint density at radius 2 is 2.06 bits per heavy atom. The summed E-state index contributed by atoms with van der Waals surface area (Å²) in [5.41, 5.74) is 2.97. The number of aromatic nitrogens is 1. The van der Waals surface area contributed by atoms with Crippen LogP contribution in [0.4, 0.5) is 0 Å². The van der Waals surface area contributed by atoms with Crippen LogP contribution in [0.5, 0.6) is 0 Å². The number of aryl methyl sites for hydroxylation is 1. The van der Waals surface area contributed by atoms with E-state index in [1.54, 1.807) is 6.92 Å². The second kappa shape index (κ2) is 4.92. The molecule has 1 aromatic heterocycles. The highest BCUT2D eigenvalue weighted by atomic mass is 16.4. The first kappa shape index (κ1) is 12.2. The van der Waals surface area contributed by atoms with Gasteiger partial charge < -0.3 is 9.67 Å². The third-order valence-electron chi connectivity index (χ3n) is 2.80. The maximum atomic E-state index is 10.5. The number of hydrogen-bond acceptors (Lipinski definition) is 1. The first-order chi connectivity index (χ1) is 8.58. The van der Waals surface area contributed by atoms with Crippen molar-refractivity contribution in [1.82, 2.24) is 4.57 Å². The number of aliphatic carboxylic acids is 1. The molecule has 2 rings (SSSR count). The zero-order valence-corrected chi connectivity index (χ0v) is 10.4. The zero-order valence-electron chi connectivity index (χ0n) is 10.4. The summed E-state index contributed by atoms with van der Waals surface area (Å²) in [6.45, 7) is 1.77. The van der Waals surface area contributed by atoms with Gasteiger partial charge in [-0.3, -0.25) is 0 Å². The Hall–Kier alpha value is -2.29. The van der Waals surface area contributed by atoms with Crippen molar-refractivity contribution in [3.8, 4) is 0 Å². The van der Waals surface area contributed by atoms with E-state index in [-0.39, 0.29) is 0 Å². The van der Waals surface area contributed by atoms with Crippen molar-refractivity contribution in [1.29, 1.82) is 0 Å². The van der Waals surface area contributed by atoms with Crippen molar-refractivity contribution in [2.45, 2.75) is 6.92 Å². The van der Waals surface area contributed by atoms with Crippen LogP contribution in [-0.2, 0) is 11.8 Å². The van der Waals surface area contributed by atoms with E-state index in [9.17, 15) is 4.79 Å². The molecule has 1 heterocycles. The first-order valence-corrected chi connectivity index (χ1v) is 5.71. The summed E-state index contributed by atoms with van der Waals surface area (Å²) in [6.07, 6.45) is 6.99. The molecular formula is C15H15NO2. The molecule has 92 valence electrons. The van der Waals surface area contributed by atoms with Gasteiger partial charge in [0.15, 0.2) is 0 Å². The number of fused-ring (bicyclic) bond motifs is 1. The van der Waals surface area contributed by atoms with Crippen LogP contribution in [0.1, 0.15) is 12.5 Å². The van der Waals surface area contributed by atoms with Gasteiger partial charge in [0, 0.05) is 30.2 Å². The van der Waals surface area contributed by atoms with Gasteiger partial charge in [-0.15, -0.1) is 0 Å². The SMILES string of the molecule is CC(C=Cc1cn(C)c2ccccc12)=CC(=O)O. The molecule has 0 aliphatic rings. The summed E-state index contributed by atoms with van der Waals surface area (Å²) in [4.78, 5) is 10.5. The molecule has 18 heavy (non-hydrogen) atoms. The lowest BCUT2D eigenvalue weighted by molar-refractivity contribution is -0.131. The lowest BCUT2D eigenvalue weighted by Gasteiger charge is -1.93. The zero-order chi connectivity index (χ0) is 13.1. The standard InChI is InChI=1S/C15H15NO2/c1-11(9-15(17)18)7-8-12-10-16(2)14-6-4-3-5-13(12)14/h3-10H,1-2H3,(H,17,18). The van der Waals surface area contributed by atoms with E-state index in [1.165, 1.54) is 11.5 Å². The van der Waals surface area contributed by atoms with Gasteiger partial charge >= 0.3 is 5.97 Å². The van der Waals surface area contributed by atoms with Gasteiger partial charge in [0.1, 0.15) is 0 Å².